The lowest BCUT2D eigenvalue weighted by Gasteiger charge is -2.13. The van der Waals surface area contributed by atoms with Crippen molar-refractivity contribution in [3.63, 3.8) is 0 Å². The summed E-state index contributed by atoms with van der Waals surface area (Å²) in [6.45, 7) is 1.14. The van der Waals surface area contributed by atoms with Gasteiger partial charge in [0.2, 0.25) is 5.52 Å². The minimum absolute atomic E-state index is 1.14. The molecule has 2 heterocycles. The standard InChI is InChI=1S/C20H21N2S/c1-21(2)17-11-9-15(10-12-17)14-16-6-5-13-22-18-7-3-4-8-19(18)23-20(16)22/h3-4,7-12,14H,5-6,13H2,1-2H3/q+1. The third-order valence-corrected chi connectivity index (χ3v) is 5.70. The number of para-hydroxylation sites is 1. The van der Waals surface area contributed by atoms with Crippen molar-refractivity contribution in [1.29, 1.82) is 0 Å². The van der Waals surface area contributed by atoms with Crippen LogP contribution in [0.4, 0.5) is 5.69 Å². The van der Waals surface area contributed by atoms with Crippen LogP contribution < -0.4 is 9.47 Å². The van der Waals surface area contributed by atoms with Crippen molar-refractivity contribution in [2.75, 3.05) is 19.0 Å². The zero-order valence-electron chi connectivity index (χ0n) is 13.6. The van der Waals surface area contributed by atoms with Crippen LogP contribution in [0.1, 0.15) is 23.4 Å². The summed E-state index contributed by atoms with van der Waals surface area (Å²) in [6.07, 6.45) is 4.75. The maximum Gasteiger partial charge on any atom is 0.266 e. The third kappa shape index (κ3) is 2.66. The number of rotatable bonds is 2. The number of benzene rings is 2. The van der Waals surface area contributed by atoms with Crippen LogP contribution in [0.3, 0.4) is 0 Å². The second-order valence-electron chi connectivity index (χ2n) is 6.29. The molecule has 0 bridgehead atoms. The highest BCUT2D eigenvalue weighted by atomic mass is 32.1. The van der Waals surface area contributed by atoms with E-state index in [1.807, 2.05) is 11.3 Å². The van der Waals surface area contributed by atoms with Crippen molar-refractivity contribution in [2.45, 2.75) is 19.4 Å². The molecular weight excluding hydrogens is 300 g/mol. The van der Waals surface area contributed by atoms with E-state index >= 15 is 0 Å². The number of aryl methyl sites for hydroxylation is 1. The van der Waals surface area contributed by atoms with Crippen molar-refractivity contribution in [1.82, 2.24) is 0 Å². The number of nitrogens with zero attached hydrogens (tertiary/aromatic N) is 2. The van der Waals surface area contributed by atoms with E-state index in [2.05, 4.69) is 78.2 Å². The van der Waals surface area contributed by atoms with Gasteiger partial charge in [-0.15, -0.1) is 0 Å². The first-order valence-corrected chi connectivity index (χ1v) is 8.94. The highest BCUT2D eigenvalue weighted by Gasteiger charge is 2.27. The molecule has 4 rings (SSSR count). The highest BCUT2D eigenvalue weighted by Crippen LogP contribution is 2.32. The quantitative estimate of drug-likeness (QED) is 0.626. The first-order chi connectivity index (χ1) is 11.2. The lowest BCUT2D eigenvalue weighted by molar-refractivity contribution is -0.672. The van der Waals surface area contributed by atoms with Crippen LogP contribution in [0.5, 0.6) is 0 Å². The van der Waals surface area contributed by atoms with E-state index in [-0.39, 0.29) is 0 Å². The molecule has 0 spiro atoms. The maximum atomic E-state index is 2.49. The molecule has 0 amide bonds. The van der Waals surface area contributed by atoms with Gasteiger partial charge in [0.05, 0.1) is 0 Å². The molecule has 1 aliphatic rings. The van der Waals surface area contributed by atoms with E-state index in [0.29, 0.717) is 0 Å². The van der Waals surface area contributed by atoms with E-state index in [0.717, 1.165) is 6.54 Å². The summed E-state index contributed by atoms with van der Waals surface area (Å²) in [4.78, 5) is 2.14. The SMILES string of the molecule is CN(C)c1ccc(C=C2CCC[n+]3c2sc2ccccc23)cc1. The summed E-state index contributed by atoms with van der Waals surface area (Å²) >= 11 is 1.92. The van der Waals surface area contributed by atoms with Gasteiger partial charge in [-0.2, -0.15) is 4.57 Å². The van der Waals surface area contributed by atoms with Gasteiger partial charge in [-0.25, -0.2) is 0 Å². The molecule has 2 aromatic carbocycles. The Labute approximate surface area is 141 Å². The van der Waals surface area contributed by atoms with Gasteiger partial charge in [0.25, 0.3) is 5.01 Å². The summed E-state index contributed by atoms with van der Waals surface area (Å²) in [5.41, 5.74) is 5.38. The van der Waals surface area contributed by atoms with Crippen LogP contribution in [-0.4, -0.2) is 14.1 Å². The molecule has 3 aromatic rings. The summed E-state index contributed by atoms with van der Waals surface area (Å²) in [7, 11) is 4.16. The molecule has 116 valence electrons. The Kier molecular flexibility index (Phi) is 3.66. The average Bonchev–Trinajstić information content (AvgIpc) is 2.95. The van der Waals surface area contributed by atoms with Gasteiger partial charge in [-0.3, -0.25) is 0 Å². The number of fused-ring (bicyclic) bond motifs is 3. The lowest BCUT2D eigenvalue weighted by atomic mass is 10.0. The second kappa shape index (κ2) is 5.82. The Morgan fingerprint density at radius 3 is 2.61 bits per heavy atom. The van der Waals surface area contributed by atoms with Crippen LogP contribution in [0, 0.1) is 0 Å². The Morgan fingerprint density at radius 2 is 1.83 bits per heavy atom. The fourth-order valence-electron chi connectivity index (χ4n) is 3.23. The summed E-state index contributed by atoms with van der Waals surface area (Å²) in [5.74, 6) is 0. The Morgan fingerprint density at radius 1 is 1.04 bits per heavy atom. The zero-order chi connectivity index (χ0) is 15.8. The van der Waals surface area contributed by atoms with E-state index in [1.54, 1.807) is 0 Å². The molecular formula is C20H21N2S+. The number of thiazole rings is 1. The van der Waals surface area contributed by atoms with Gasteiger partial charge in [0.15, 0.2) is 6.54 Å². The lowest BCUT2D eigenvalue weighted by Crippen LogP contribution is -2.38. The van der Waals surface area contributed by atoms with Crippen LogP contribution in [0.15, 0.2) is 48.5 Å². The summed E-state index contributed by atoms with van der Waals surface area (Å²) in [6, 6.07) is 17.6. The molecule has 1 aromatic heterocycles. The summed E-state index contributed by atoms with van der Waals surface area (Å²) < 4.78 is 3.88. The Balaban J connectivity index is 1.76. The smallest absolute Gasteiger partial charge is 0.266 e. The fourth-order valence-corrected chi connectivity index (χ4v) is 4.46. The van der Waals surface area contributed by atoms with Crippen molar-refractivity contribution in [3.05, 3.63) is 59.1 Å². The molecule has 0 fully saturated rings. The topological polar surface area (TPSA) is 7.12 Å². The molecule has 23 heavy (non-hydrogen) atoms. The first-order valence-electron chi connectivity index (χ1n) is 8.12. The van der Waals surface area contributed by atoms with Crippen molar-refractivity contribution in [2.24, 2.45) is 0 Å². The molecule has 0 N–H and O–H groups in total. The zero-order valence-corrected chi connectivity index (χ0v) is 14.4. The molecule has 3 heteroatoms. The number of hydrogen-bond donors (Lipinski definition) is 0. The predicted molar refractivity (Wildman–Crippen MR) is 99.9 cm³/mol. The second-order valence-corrected chi connectivity index (χ2v) is 7.32. The monoisotopic (exact) mass is 321 g/mol. The van der Waals surface area contributed by atoms with E-state index < -0.39 is 0 Å². The molecule has 0 unspecified atom stereocenters. The van der Waals surface area contributed by atoms with Crippen LogP contribution >= 0.6 is 11.3 Å². The number of hydrogen-bond acceptors (Lipinski definition) is 2. The van der Waals surface area contributed by atoms with E-state index in [4.69, 9.17) is 0 Å². The van der Waals surface area contributed by atoms with Gasteiger partial charge in [0, 0.05) is 37.8 Å². The Hall–Kier alpha value is -2.13. The number of allylic oxidation sites excluding steroid dienone is 1. The highest BCUT2D eigenvalue weighted by molar-refractivity contribution is 7.19. The van der Waals surface area contributed by atoms with Crippen LogP contribution in [-0.2, 0) is 6.54 Å². The van der Waals surface area contributed by atoms with Gasteiger partial charge in [0.1, 0.15) is 4.70 Å². The minimum Gasteiger partial charge on any atom is -0.378 e. The normalized spacial score (nSPS) is 15.8. The van der Waals surface area contributed by atoms with Gasteiger partial charge >= 0.3 is 0 Å². The predicted octanol–water partition coefficient (Wildman–Crippen LogP) is 4.59. The van der Waals surface area contributed by atoms with Gasteiger partial charge < -0.3 is 4.90 Å². The van der Waals surface area contributed by atoms with Crippen molar-refractivity contribution < 1.29 is 4.57 Å². The third-order valence-electron chi connectivity index (χ3n) is 4.46. The number of anilines is 1. The largest absolute Gasteiger partial charge is 0.378 e. The van der Waals surface area contributed by atoms with Crippen LogP contribution in [0.2, 0.25) is 0 Å². The molecule has 1 aliphatic heterocycles. The molecule has 0 radical (unpaired) electrons. The van der Waals surface area contributed by atoms with Crippen molar-refractivity contribution >= 4 is 38.9 Å². The fraction of sp³-hybridized carbons (Fsp3) is 0.250. The van der Waals surface area contributed by atoms with Gasteiger partial charge in [-0.1, -0.05) is 35.6 Å². The van der Waals surface area contributed by atoms with E-state index in [1.165, 1.54) is 44.9 Å². The molecule has 2 nitrogen and oxygen atoms in total. The minimum atomic E-state index is 1.14. The molecule has 0 atom stereocenters. The molecule has 0 saturated heterocycles. The summed E-state index contributed by atoms with van der Waals surface area (Å²) in [5, 5.41) is 1.43. The molecule has 0 aliphatic carbocycles. The maximum absolute atomic E-state index is 2.49. The van der Waals surface area contributed by atoms with E-state index in [9.17, 15) is 0 Å². The average molecular weight is 321 g/mol. The Bertz CT molecular complexity index is 872. The number of aromatic nitrogens is 1. The van der Waals surface area contributed by atoms with Crippen LogP contribution in [0.25, 0.3) is 21.9 Å². The molecule has 0 saturated carbocycles. The van der Waals surface area contributed by atoms with Gasteiger partial charge in [-0.05, 0) is 36.3 Å². The van der Waals surface area contributed by atoms with Crippen molar-refractivity contribution in [3.8, 4) is 0 Å². The first kappa shape index (κ1) is 14.5.